The van der Waals surface area contributed by atoms with Gasteiger partial charge in [0.2, 0.25) is 0 Å². The molecule has 0 saturated carbocycles. The lowest BCUT2D eigenvalue weighted by Gasteiger charge is -2.14. The lowest BCUT2D eigenvalue weighted by atomic mass is 10.2. The van der Waals surface area contributed by atoms with Crippen LogP contribution < -0.4 is 0 Å². The number of para-hydroxylation sites is 1. The Hall–Kier alpha value is -0.840. The molecule has 0 saturated heterocycles. The first-order chi connectivity index (χ1) is 9.99. The van der Waals surface area contributed by atoms with Crippen molar-refractivity contribution in [2.45, 2.75) is 19.2 Å². The molecule has 1 heterocycles. The van der Waals surface area contributed by atoms with Crippen LogP contribution in [0.3, 0.4) is 0 Å². The molecule has 5 heteroatoms. The lowest BCUT2D eigenvalue weighted by Crippen LogP contribution is -2.03. The van der Waals surface area contributed by atoms with E-state index < -0.39 is 0 Å². The summed E-state index contributed by atoms with van der Waals surface area (Å²) < 4.78 is 4.10. The molecule has 108 valence electrons. The van der Waals surface area contributed by atoms with Crippen LogP contribution in [0.4, 0.5) is 0 Å². The van der Waals surface area contributed by atoms with E-state index in [9.17, 15) is 0 Å². The molecular weight excluding hydrogens is 415 g/mol. The Bertz CT molecular complexity index is 804. The van der Waals surface area contributed by atoms with E-state index in [0.29, 0.717) is 0 Å². The zero-order chi connectivity index (χ0) is 15.1. The summed E-state index contributed by atoms with van der Waals surface area (Å²) in [5, 5.41) is -0.184. The van der Waals surface area contributed by atoms with E-state index in [1.165, 1.54) is 5.56 Å². The summed E-state index contributed by atoms with van der Waals surface area (Å²) in [6.45, 7) is 4.01. The van der Waals surface area contributed by atoms with Crippen LogP contribution in [0.1, 0.15) is 23.7 Å². The van der Waals surface area contributed by atoms with Crippen LogP contribution in [-0.2, 0) is 0 Å². The van der Waals surface area contributed by atoms with E-state index in [1.807, 2.05) is 25.1 Å². The molecule has 2 nitrogen and oxygen atoms in total. The molecule has 0 spiro atoms. The van der Waals surface area contributed by atoms with Crippen LogP contribution in [0.25, 0.3) is 16.7 Å². The number of imidazole rings is 1. The molecule has 2 aromatic carbocycles. The second kappa shape index (κ2) is 5.75. The number of hydrogen-bond donors (Lipinski definition) is 0. The Kier molecular flexibility index (Phi) is 4.12. The number of alkyl halides is 1. The minimum Gasteiger partial charge on any atom is -0.293 e. The third-order valence-electron chi connectivity index (χ3n) is 3.35. The van der Waals surface area contributed by atoms with E-state index in [0.717, 1.165) is 31.5 Å². The molecular formula is C16H13Br2ClN2. The normalized spacial score (nSPS) is 12.8. The van der Waals surface area contributed by atoms with Crippen molar-refractivity contribution in [1.29, 1.82) is 0 Å². The molecule has 0 fully saturated rings. The van der Waals surface area contributed by atoms with Crippen LogP contribution in [0, 0.1) is 6.92 Å². The van der Waals surface area contributed by atoms with Crippen molar-refractivity contribution < 1.29 is 0 Å². The molecule has 0 radical (unpaired) electrons. The molecule has 1 unspecified atom stereocenters. The van der Waals surface area contributed by atoms with Gasteiger partial charge in [-0.15, -0.1) is 11.6 Å². The predicted molar refractivity (Wildman–Crippen MR) is 95.5 cm³/mol. The summed E-state index contributed by atoms with van der Waals surface area (Å²) in [5.74, 6) is 0.838. The minimum absolute atomic E-state index is 0.184. The second-order valence-corrected chi connectivity index (χ2v) is 7.35. The fourth-order valence-electron chi connectivity index (χ4n) is 2.41. The van der Waals surface area contributed by atoms with Gasteiger partial charge in [-0.1, -0.05) is 12.1 Å². The molecule has 0 bridgehead atoms. The Morgan fingerprint density at radius 1 is 1.14 bits per heavy atom. The van der Waals surface area contributed by atoms with E-state index in [2.05, 4.69) is 61.5 Å². The second-order valence-electron chi connectivity index (χ2n) is 4.98. The largest absolute Gasteiger partial charge is 0.293 e. The first kappa shape index (κ1) is 15.1. The number of hydrogen-bond acceptors (Lipinski definition) is 1. The highest BCUT2D eigenvalue weighted by molar-refractivity contribution is 9.11. The quantitative estimate of drug-likeness (QED) is 0.447. The van der Waals surface area contributed by atoms with Crippen molar-refractivity contribution in [3.63, 3.8) is 0 Å². The highest BCUT2D eigenvalue weighted by Crippen LogP contribution is 2.35. The summed E-state index contributed by atoms with van der Waals surface area (Å²) in [5.41, 5.74) is 4.22. The minimum atomic E-state index is -0.184. The average Bonchev–Trinajstić information content (AvgIpc) is 2.77. The molecule has 0 aliphatic rings. The van der Waals surface area contributed by atoms with Gasteiger partial charge < -0.3 is 0 Å². The van der Waals surface area contributed by atoms with E-state index in [1.54, 1.807) is 0 Å². The summed E-state index contributed by atoms with van der Waals surface area (Å²) in [6, 6.07) is 12.3. The summed E-state index contributed by atoms with van der Waals surface area (Å²) in [7, 11) is 0. The number of aromatic nitrogens is 2. The maximum Gasteiger partial charge on any atom is 0.132 e. The van der Waals surface area contributed by atoms with Crippen molar-refractivity contribution >= 4 is 54.5 Å². The van der Waals surface area contributed by atoms with Crippen LogP contribution in [0.15, 0.2) is 45.3 Å². The van der Waals surface area contributed by atoms with E-state index in [4.69, 9.17) is 16.6 Å². The molecule has 3 aromatic rings. The first-order valence-corrected chi connectivity index (χ1v) is 8.58. The van der Waals surface area contributed by atoms with Gasteiger partial charge in [-0.25, -0.2) is 4.98 Å². The number of nitrogens with zero attached hydrogens (tertiary/aromatic N) is 2. The fraction of sp³-hybridized carbons (Fsp3) is 0.188. The number of fused-ring (bicyclic) bond motifs is 1. The van der Waals surface area contributed by atoms with Gasteiger partial charge in [0.15, 0.2) is 0 Å². The van der Waals surface area contributed by atoms with Gasteiger partial charge in [0.05, 0.1) is 22.1 Å². The Morgan fingerprint density at radius 3 is 2.43 bits per heavy atom. The SMILES string of the molecule is Cc1ccc2c(c1)nc(C(C)Cl)n2-c1c(Br)cccc1Br. The molecule has 21 heavy (non-hydrogen) atoms. The van der Waals surface area contributed by atoms with Gasteiger partial charge in [0.25, 0.3) is 0 Å². The monoisotopic (exact) mass is 426 g/mol. The summed E-state index contributed by atoms with van der Waals surface area (Å²) in [6.07, 6.45) is 0. The maximum atomic E-state index is 6.36. The smallest absolute Gasteiger partial charge is 0.132 e. The van der Waals surface area contributed by atoms with Crippen LogP contribution in [-0.4, -0.2) is 9.55 Å². The Morgan fingerprint density at radius 2 is 1.81 bits per heavy atom. The maximum absolute atomic E-state index is 6.36. The number of aryl methyl sites for hydroxylation is 1. The summed E-state index contributed by atoms with van der Waals surface area (Å²) >= 11 is 13.6. The van der Waals surface area contributed by atoms with E-state index >= 15 is 0 Å². The van der Waals surface area contributed by atoms with Gasteiger partial charge in [0.1, 0.15) is 5.82 Å². The van der Waals surface area contributed by atoms with Gasteiger partial charge in [-0.3, -0.25) is 4.57 Å². The first-order valence-electron chi connectivity index (χ1n) is 6.56. The Labute approximate surface area is 145 Å². The molecule has 0 amide bonds. The summed E-state index contributed by atoms with van der Waals surface area (Å²) in [4.78, 5) is 4.72. The molecule has 0 aliphatic heterocycles. The predicted octanol–water partition coefficient (Wildman–Crippen LogP) is 6.16. The molecule has 1 atom stereocenters. The fourth-order valence-corrected chi connectivity index (χ4v) is 3.91. The third-order valence-corrected chi connectivity index (χ3v) is 4.83. The number of rotatable bonds is 2. The topological polar surface area (TPSA) is 17.8 Å². The third kappa shape index (κ3) is 2.65. The number of halogens is 3. The van der Waals surface area contributed by atoms with Crippen LogP contribution >= 0.6 is 43.5 Å². The van der Waals surface area contributed by atoms with Crippen molar-refractivity contribution in [3.8, 4) is 5.69 Å². The molecule has 0 N–H and O–H groups in total. The van der Waals surface area contributed by atoms with Crippen molar-refractivity contribution in [2.24, 2.45) is 0 Å². The van der Waals surface area contributed by atoms with Crippen molar-refractivity contribution in [1.82, 2.24) is 9.55 Å². The van der Waals surface area contributed by atoms with E-state index in [-0.39, 0.29) is 5.38 Å². The highest BCUT2D eigenvalue weighted by atomic mass is 79.9. The van der Waals surface area contributed by atoms with Gasteiger partial charge in [-0.05, 0) is 75.5 Å². The van der Waals surface area contributed by atoms with Gasteiger partial charge in [-0.2, -0.15) is 0 Å². The molecule has 0 aliphatic carbocycles. The zero-order valence-corrected chi connectivity index (χ0v) is 15.5. The average molecular weight is 429 g/mol. The van der Waals surface area contributed by atoms with Gasteiger partial charge >= 0.3 is 0 Å². The van der Waals surface area contributed by atoms with Crippen LogP contribution in [0.5, 0.6) is 0 Å². The lowest BCUT2D eigenvalue weighted by molar-refractivity contribution is 0.878. The molecule has 1 aromatic heterocycles. The zero-order valence-electron chi connectivity index (χ0n) is 11.6. The van der Waals surface area contributed by atoms with Crippen molar-refractivity contribution in [3.05, 3.63) is 56.7 Å². The molecule has 3 rings (SSSR count). The van der Waals surface area contributed by atoms with Crippen LogP contribution in [0.2, 0.25) is 0 Å². The van der Waals surface area contributed by atoms with Gasteiger partial charge in [0, 0.05) is 8.95 Å². The number of benzene rings is 2. The highest BCUT2D eigenvalue weighted by Gasteiger charge is 2.19. The standard InChI is InChI=1S/C16H13Br2ClN2/c1-9-6-7-14-13(8-9)20-16(10(2)19)21(14)15-11(17)4-3-5-12(15)18/h3-8,10H,1-2H3. The van der Waals surface area contributed by atoms with Crippen molar-refractivity contribution in [2.75, 3.05) is 0 Å². The Balaban J connectivity index is 2.42.